The van der Waals surface area contributed by atoms with Crippen molar-refractivity contribution in [2.24, 2.45) is 0 Å². The fraction of sp³-hybridized carbons (Fsp3) is 0.235. The van der Waals surface area contributed by atoms with Crippen LogP contribution < -0.4 is 4.72 Å². The van der Waals surface area contributed by atoms with Crippen molar-refractivity contribution in [3.63, 3.8) is 0 Å². The Bertz CT molecular complexity index is 906. The molecule has 1 aromatic heterocycles. The fourth-order valence-corrected chi connectivity index (χ4v) is 3.57. The summed E-state index contributed by atoms with van der Waals surface area (Å²) in [5.41, 5.74) is 1.70. The van der Waals surface area contributed by atoms with Crippen LogP contribution in [0, 0.1) is 0 Å². The molecule has 3 aromatic rings. The molecule has 2 N–H and O–H groups in total. The highest BCUT2D eigenvalue weighted by molar-refractivity contribution is 7.88. The minimum atomic E-state index is -3.56. The van der Waals surface area contributed by atoms with Crippen LogP contribution in [0.3, 0.4) is 0 Å². The number of aromatic nitrogens is 1. The first-order valence-electron chi connectivity index (χ1n) is 7.59. The zero-order valence-corrected chi connectivity index (χ0v) is 13.7. The van der Waals surface area contributed by atoms with Crippen molar-refractivity contribution in [2.45, 2.75) is 18.3 Å². The lowest BCUT2D eigenvalue weighted by Gasteiger charge is -2.11. The SMILES string of the molecule is O=S(=O)(Cc1noc2ccccc12)NCC[C@@H](O)c1ccccc1. The molecule has 3 rings (SSSR count). The predicted molar refractivity (Wildman–Crippen MR) is 90.7 cm³/mol. The maximum atomic E-state index is 12.2. The quantitative estimate of drug-likeness (QED) is 0.685. The molecular formula is C17H18N2O4S. The van der Waals surface area contributed by atoms with Gasteiger partial charge in [0.2, 0.25) is 10.0 Å². The van der Waals surface area contributed by atoms with Crippen LogP contribution in [-0.2, 0) is 15.8 Å². The Balaban J connectivity index is 1.58. The molecular weight excluding hydrogens is 328 g/mol. The molecule has 0 amide bonds. The van der Waals surface area contributed by atoms with Crippen LogP contribution in [0.2, 0.25) is 0 Å². The van der Waals surface area contributed by atoms with Gasteiger partial charge in [-0.1, -0.05) is 47.6 Å². The molecule has 0 spiro atoms. The molecule has 0 unspecified atom stereocenters. The van der Waals surface area contributed by atoms with Gasteiger partial charge in [0.15, 0.2) is 5.58 Å². The van der Waals surface area contributed by atoms with Crippen LogP contribution in [-0.4, -0.2) is 25.2 Å². The lowest BCUT2D eigenvalue weighted by atomic mass is 10.1. The van der Waals surface area contributed by atoms with Gasteiger partial charge in [-0.3, -0.25) is 0 Å². The molecule has 0 aliphatic heterocycles. The van der Waals surface area contributed by atoms with E-state index in [9.17, 15) is 13.5 Å². The van der Waals surface area contributed by atoms with Gasteiger partial charge in [0.05, 0.1) is 6.10 Å². The summed E-state index contributed by atoms with van der Waals surface area (Å²) in [6, 6.07) is 16.3. The number of aliphatic hydroxyl groups excluding tert-OH is 1. The van der Waals surface area contributed by atoms with Crippen LogP contribution in [0.4, 0.5) is 0 Å². The predicted octanol–water partition coefficient (Wildman–Crippen LogP) is 2.37. The van der Waals surface area contributed by atoms with Crippen molar-refractivity contribution in [1.29, 1.82) is 0 Å². The molecule has 0 radical (unpaired) electrons. The van der Waals surface area contributed by atoms with Gasteiger partial charge in [-0.2, -0.15) is 0 Å². The summed E-state index contributed by atoms with van der Waals surface area (Å²) in [6.45, 7) is 0.147. The van der Waals surface area contributed by atoms with E-state index < -0.39 is 16.1 Å². The van der Waals surface area contributed by atoms with E-state index in [0.29, 0.717) is 23.1 Å². The molecule has 0 saturated carbocycles. The lowest BCUT2D eigenvalue weighted by molar-refractivity contribution is 0.169. The van der Waals surface area contributed by atoms with E-state index >= 15 is 0 Å². The standard InChI is InChI=1S/C17H18N2O4S/c20-16(13-6-2-1-3-7-13)10-11-18-24(21,22)12-15-14-8-4-5-9-17(14)23-19-15/h1-9,16,18,20H,10-12H2/t16-/m1/s1. The summed E-state index contributed by atoms with van der Waals surface area (Å²) in [5.74, 6) is -0.258. The molecule has 0 bridgehead atoms. The van der Waals surface area contributed by atoms with E-state index in [-0.39, 0.29) is 12.3 Å². The second-order valence-corrected chi connectivity index (χ2v) is 7.30. The highest BCUT2D eigenvalue weighted by Gasteiger charge is 2.17. The number of rotatable bonds is 7. The molecule has 1 heterocycles. The van der Waals surface area contributed by atoms with E-state index in [1.807, 2.05) is 18.2 Å². The van der Waals surface area contributed by atoms with Gasteiger partial charge in [0, 0.05) is 11.9 Å². The van der Waals surface area contributed by atoms with Crippen LogP contribution in [0.15, 0.2) is 59.1 Å². The second-order valence-electron chi connectivity index (χ2n) is 5.49. The fourth-order valence-electron chi connectivity index (χ4n) is 2.47. The third-order valence-corrected chi connectivity index (χ3v) is 5.00. The minimum Gasteiger partial charge on any atom is -0.388 e. The normalized spacial score (nSPS) is 13.2. The molecule has 7 heteroatoms. The third-order valence-electron chi connectivity index (χ3n) is 3.70. The smallest absolute Gasteiger partial charge is 0.217 e. The first-order chi connectivity index (χ1) is 11.6. The molecule has 1 atom stereocenters. The van der Waals surface area contributed by atoms with E-state index in [0.717, 1.165) is 5.56 Å². The maximum absolute atomic E-state index is 12.2. The number of sulfonamides is 1. The van der Waals surface area contributed by atoms with Crippen molar-refractivity contribution in [3.05, 3.63) is 65.9 Å². The van der Waals surface area contributed by atoms with Gasteiger partial charge >= 0.3 is 0 Å². The first-order valence-corrected chi connectivity index (χ1v) is 9.24. The van der Waals surface area contributed by atoms with Crippen LogP contribution in [0.25, 0.3) is 11.0 Å². The largest absolute Gasteiger partial charge is 0.388 e. The van der Waals surface area contributed by atoms with Gasteiger partial charge in [-0.15, -0.1) is 0 Å². The summed E-state index contributed by atoms with van der Waals surface area (Å²) < 4.78 is 32.0. The number of fused-ring (bicyclic) bond motifs is 1. The Morgan fingerprint density at radius 3 is 2.58 bits per heavy atom. The molecule has 2 aromatic carbocycles. The van der Waals surface area contributed by atoms with Gasteiger partial charge in [0.1, 0.15) is 11.4 Å². The summed E-state index contributed by atoms with van der Waals surface area (Å²) in [4.78, 5) is 0. The molecule has 0 aliphatic carbocycles. The maximum Gasteiger partial charge on any atom is 0.217 e. The molecule has 0 fully saturated rings. The number of nitrogens with one attached hydrogen (secondary N) is 1. The Hall–Kier alpha value is -2.22. The first kappa shape index (κ1) is 16.6. The van der Waals surface area contributed by atoms with E-state index in [2.05, 4.69) is 9.88 Å². The van der Waals surface area contributed by atoms with Gasteiger partial charge in [-0.25, -0.2) is 13.1 Å². The van der Waals surface area contributed by atoms with Crippen LogP contribution >= 0.6 is 0 Å². The average molecular weight is 346 g/mol. The Kier molecular flexibility index (Phi) is 4.94. The van der Waals surface area contributed by atoms with E-state index in [1.54, 1.807) is 36.4 Å². The number of nitrogens with zero attached hydrogens (tertiary/aromatic N) is 1. The van der Waals surface area contributed by atoms with Crippen LogP contribution in [0.1, 0.15) is 23.8 Å². The summed E-state index contributed by atoms with van der Waals surface area (Å²) in [5, 5.41) is 14.6. The molecule has 6 nitrogen and oxygen atoms in total. The van der Waals surface area contributed by atoms with Crippen molar-refractivity contribution in [2.75, 3.05) is 6.54 Å². The van der Waals surface area contributed by atoms with Gasteiger partial charge in [-0.05, 0) is 24.1 Å². The molecule has 0 aliphatic rings. The molecule has 24 heavy (non-hydrogen) atoms. The molecule has 0 saturated heterocycles. The highest BCUT2D eigenvalue weighted by Crippen LogP contribution is 2.20. The highest BCUT2D eigenvalue weighted by atomic mass is 32.2. The van der Waals surface area contributed by atoms with E-state index in [4.69, 9.17) is 4.52 Å². The topological polar surface area (TPSA) is 92.4 Å². The Morgan fingerprint density at radius 2 is 1.79 bits per heavy atom. The van der Waals surface area contributed by atoms with Crippen molar-refractivity contribution in [3.8, 4) is 0 Å². The number of hydrogen-bond donors (Lipinski definition) is 2. The van der Waals surface area contributed by atoms with Gasteiger partial charge in [0.25, 0.3) is 0 Å². The minimum absolute atomic E-state index is 0.147. The monoisotopic (exact) mass is 346 g/mol. The summed E-state index contributed by atoms with van der Waals surface area (Å²) in [7, 11) is -3.56. The number of hydrogen-bond acceptors (Lipinski definition) is 5. The lowest BCUT2D eigenvalue weighted by Crippen LogP contribution is -2.27. The van der Waals surface area contributed by atoms with Crippen molar-refractivity contribution >= 4 is 21.0 Å². The zero-order valence-electron chi connectivity index (χ0n) is 12.9. The number of para-hydroxylation sites is 1. The van der Waals surface area contributed by atoms with Gasteiger partial charge < -0.3 is 9.63 Å². The number of benzene rings is 2. The van der Waals surface area contributed by atoms with Crippen molar-refractivity contribution < 1.29 is 18.0 Å². The second kappa shape index (κ2) is 7.12. The number of aliphatic hydroxyl groups is 1. The summed E-state index contributed by atoms with van der Waals surface area (Å²) in [6.07, 6.45) is -0.412. The summed E-state index contributed by atoms with van der Waals surface area (Å²) >= 11 is 0. The Morgan fingerprint density at radius 1 is 1.08 bits per heavy atom. The average Bonchev–Trinajstić information content (AvgIpc) is 2.98. The zero-order chi connectivity index (χ0) is 17.0. The van der Waals surface area contributed by atoms with Crippen LogP contribution in [0.5, 0.6) is 0 Å². The third kappa shape index (κ3) is 4.00. The Labute approximate surface area is 140 Å². The van der Waals surface area contributed by atoms with E-state index in [1.165, 1.54) is 0 Å². The molecule has 126 valence electrons. The van der Waals surface area contributed by atoms with Crippen molar-refractivity contribution in [1.82, 2.24) is 9.88 Å².